The predicted molar refractivity (Wildman–Crippen MR) is 75.0 cm³/mol. The fraction of sp³-hybridized carbons (Fsp3) is 0.571. The van der Waals surface area contributed by atoms with E-state index in [1.807, 2.05) is 6.92 Å². The lowest BCUT2D eigenvalue weighted by atomic mass is 9.68. The number of carbonyl (C=O) groups excluding carboxylic acids is 1. The summed E-state index contributed by atoms with van der Waals surface area (Å²) in [5, 5.41) is 2.88. The second kappa shape index (κ2) is 5.57. The van der Waals surface area contributed by atoms with Gasteiger partial charge in [-0.3, -0.25) is 9.59 Å². The molecule has 1 amide bonds. The minimum absolute atomic E-state index is 0.0250. The SMILES string of the molecule is CCCn1cc(NC(=O)C2(CN)CCC2)ccc1=O. The lowest BCUT2D eigenvalue weighted by molar-refractivity contribution is -0.129. The van der Waals surface area contributed by atoms with Crippen molar-refractivity contribution in [1.29, 1.82) is 0 Å². The van der Waals surface area contributed by atoms with Crippen LogP contribution in [0.1, 0.15) is 32.6 Å². The van der Waals surface area contributed by atoms with Crippen molar-refractivity contribution >= 4 is 11.6 Å². The largest absolute Gasteiger partial charge is 0.329 e. The van der Waals surface area contributed by atoms with Crippen molar-refractivity contribution in [2.24, 2.45) is 11.1 Å². The molecular formula is C14H21N3O2. The number of hydrogen-bond donors (Lipinski definition) is 2. The maximum atomic E-state index is 12.2. The zero-order valence-corrected chi connectivity index (χ0v) is 11.3. The van der Waals surface area contributed by atoms with Crippen molar-refractivity contribution in [1.82, 2.24) is 4.57 Å². The molecule has 2 rings (SSSR count). The van der Waals surface area contributed by atoms with Gasteiger partial charge in [-0.1, -0.05) is 13.3 Å². The number of hydrogen-bond acceptors (Lipinski definition) is 3. The summed E-state index contributed by atoms with van der Waals surface area (Å²) in [7, 11) is 0. The summed E-state index contributed by atoms with van der Waals surface area (Å²) in [6.45, 7) is 3.05. The molecule has 0 bridgehead atoms. The Bertz CT molecular complexity index is 512. The maximum Gasteiger partial charge on any atom is 0.250 e. The lowest BCUT2D eigenvalue weighted by Gasteiger charge is -2.39. The first-order valence-electron chi connectivity index (χ1n) is 6.83. The van der Waals surface area contributed by atoms with Gasteiger partial charge in [0.05, 0.1) is 11.1 Å². The van der Waals surface area contributed by atoms with Crippen molar-refractivity contribution in [2.75, 3.05) is 11.9 Å². The summed E-state index contributed by atoms with van der Waals surface area (Å²) in [5.41, 5.74) is 5.93. The van der Waals surface area contributed by atoms with Crippen LogP contribution in [0.4, 0.5) is 5.69 Å². The fourth-order valence-corrected chi connectivity index (χ4v) is 2.41. The van der Waals surface area contributed by atoms with Crippen molar-refractivity contribution in [3.05, 3.63) is 28.7 Å². The fourth-order valence-electron chi connectivity index (χ4n) is 2.41. The summed E-state index contributed by atoms with van der Waals surface area (Å²) in [5.74, 6) is -0.0250. The number of rotatable bonds is 5. The Labute approximate surface area is 112 Å². The molecule has 1 aliphatic rings. The summed E-state index contributed by atoms with van der Waals surface area (Å²) in [6, 6.07) is 3.14. The minimum atomic E-state index is -0.397. The summed E-state index contributed by atoms with van der Waals surface area (Å²) in [6.07, 6.45) is 5.34. The van der Waals surface area contributed by atoms with E-state index >= 15 is 0 Å². The number of nitrogens with one attached hydrogen (secondary N) is 1. The minimum Gasteiger partial charge on any atom is -0.329 e. The summed E-state index contributed by atoms with van der Waals surface area (Å²) >= 11 is 0. The van der Waals surface area contributed by atoms with Crippen LogP contribution in [0.3, 0.4) is 0 Å². The van der Waals surface area contributed by atoms with Crippen LogP contribution in [0.5, 0.6) is 0 Å². The van der Waals surface area contributed by atoms with Crippen LogP contribution in [-0.2, 0) is 11.3 Å². The van der Waals surface area contributed by atoms with E-state index in [-0.39, 0.29) is 11.5 Å². The Morgan fingerprint density at radius 2 is 2.21 bits per heavy atom. The van der Waals surface area contributed by atoms with Crippen LogP contribution in [0.2, 0.25) is 0 Å². The van der Waals surface area contributed by atoms with Gasteiger partial charge in [0.1, 0.15) is 0 Å². The van der Waals surface area contributed by atoms with Crippen LogP contribution in [0.15, 0.2) is 23.1 Å². The normalized spacial score (nSPS) is 16.7. The molecule has 0 aromatic carbocycles. The monoisotopic (exact) mass is 263 g/mol. The topological polar surface area (TPSA) is 77.1 Å². The Morgan fingerprint density at radius 1 is 1.47 bits per heavy atom. The highest BCUT2D eigenvalue weighted by atomic mass is 16.2. The molecule has 1 aromatic rings. The van der Waals surface area contributed by atoms with Gasteiger partial charge in [-0.25, -0.2) is 0 Å². The van der Waals surface area contributed by atoms with E-state index in [1.54, 1.807) is 16.8 Å². The van der Waals surface area contributed by atoms with Crippen LogP contribution in [0, 0.1) is 5.41 Å². The quantitative estimate of drug-likeness (QED) is 0.841. The molecule has 0 unspecified atom stereocenters. The van der Waals surface area contributed by atoms with E-state index in [0.717, 1.165) is 25.7 Å². The van der Waals surface area contributed by atoms with Crippen LogP contribution in [0.25, 0.3) is 0 Å². The number of pyridine rings is 1. The second-order valence-electron chi connectivity index (χ2n) is 5.24. The molecule has 0 spiro atoms. The molecule has 3 N–H and O–H groups in total. The molecule has 0 atom stereocenters. The molecule has 5 heteroatoms. The Balaban J connectivity index is 2.13. The molecule has 104 valence electrons. The zero-order chi connectivity index (χ0) is 13.9. The molecule has 0 radical (unpaired) electrons. The number of aromatic nitrogens is 1. The average Bonchev–Trinajstić information content (AvgIpc) is 2.33. The molecule has 1 aliphatic carbocycles. The zero-order valence-electron chi connectivity index (χ0n) is 11.3. The van der Waals surface area contributed by atoms with Crippen LogP contribution >= 0.6 is 0 Å². The molecule has 1 heterocycles. The molecule has 1 fully saturated rings. The Morgan fingerprint density at radius 3 is 2.74 bits per heavy atom. The van der Waals surface area contributed by atoms with Crippen molar-refractivity contribution in [3.63, 3.8) is 0 Å². The summed E-state index contributed by atoms with van der Waals surface area (Å²) < 4.78 is 1.62. The molecule has 5 nitrogen and oxygen atoms in total. The van der Waals surface area contributed by atoms with Crippen LogP contribution < -0.4 is 16.6 Å². The van der Waals surface area contributed by atoms with Gasteiger partial charge in [0.25, 0.3) is 5.56 Å². The number of aryl methyl sites for hydroxylation is 1. The van der Waals surface area contributed by atoms with Crippen LogP contribution in [-0.4, -0.2) is 17.0 Å². The van der Waals surface area contributed by atoms with E-state index in [0.29, 0.717) is 18.8 Å². The van der Waals surface area contributed by atoms with Gasteiger partial charge in [0.2, 0.25) is 5.91 Å². The number of carbonyl (C=O) groups is 1. The molecule has 1 aromatic heterocycles. The van der Waals surface area contributed by atoms with Gasteiger partial charge in [0, 0.05) is 25.4 Å². The standard InChI is InChI=1S/C14H21N3O2/c1-2-8-17-9-11(4-5-12(17)18)16-13(19)14(10-15)6-3-7-14/h4-5,9H,2-3,6-8,10,15H2,1H3,(H,16,19). The van der Waals surface area contributed by atoms with Gasteiger partial charge >= 0.3 is 0 Å². The predicted octanol–water partition coefficient (Wildman–Crippen LogP) is 1.33. The van der Waals surface area contributed by atoms with Crippen molar-refractivity contribution < 1.29 is 4.79 Å². The third-order valence-electron chi connectivity index (χ3n) is 3.89. The molecule has 0 aliphatic heterocycles. The van der Waals surface area contributed by atoms with E-state index in [1.165, 1.54) is 6.07 Å². The van der Waals surface area contributed by atoms with Gasteiger partial charge in [0.15, 0.2) is 0 Å². The number of nitrogens with two attached hydrogens (primary N) is 1. The van der Waals surface area contributed by atoms with Gasteiger partial charge in [-0.05, 0) is 25.3 Å². The van der Waals surface area contributed by atoms with E-state index < -0.39 is 5.41 Å². The first-order valence-corrected chi connectivity index (χ1v) is 6.83. The van der Waals surface area contributed by atoms with Gasteiger partial charge in [-0.15, -0.1) is 0 Å². The van der Waals surface area contributed by atoms with E-state index in [9.17, 15) is 9.59 Å². The average molecular weight is 263 g/mol. The summed E-state index contributed by atoms with van der Waals surface area (Å²) in [4.78, 5) is 23.8. The highest BCUT2D eigenvalue weighted by molar-refractivity contribution is 5.96. The second-order valence-corrected chi connectivity index (χ2v) is 5.24. The maximum absolute atomic E-state index is 12.2. The number of amides is 1. The smallest absolute Gasteiger partial charge is 0.250 e. The third-order valence-corrected chi connectivity index (χ3v) is 3.89. The molecule has 19 heavy (non-hydrogen) atoms. The number of anilines is 1. The number of nitrogens with zero attached hydrogens (tertiary/aromatic N) is 1. The van der Waals surface area contributed by atoms with E-state index in [2.05, 4.69) is 5.32 Å². The van der Waals surface area contributed by atoms with Crippen molar-refractivity contribution in [3.8, 4) is 0 Å². The third kappa shape index (κ3) is 2.71. The van der Waals surface area contributed by atoms with Gasteiger partial charge < -0.3 is 15.6 Å². The first-order chi connectivity index (χ1) is 9.11. The van der Waals surface area contributed by atoms with Crippen molar-refractivity contribution in [2.45, 2.75) is 39.2 Å². The highest BCUT2D eigenvalue weighted by Crippen LogP contribution is 2.40. The highest BCUT2D eigenvalue weighted by Gasteiger charge is 2.42. The van der Waals surface area contributed by atoms with Gasteiger partial charge in [-0.2, -0.15) is 0 Å². The Kier molecular flexibility index (Phi) is 4.04. The first kappa shape index (κ1) is 13.8. The van der Waals surface area contributed by atoms with E-state index in [4.69, 9.17) is 5.73 Å². The lowest BCUT2D eigenvalue weighted by Crippen LogP contribution is -2.47. The Hall–Kier alpha value is -1.62. The molecule has 1 saturated carbocycles. The molecular weight excluding hydrogens is 242 g/mol. The molecule has 0 saturated heterocycles.